The Morgan fingerprint density at radius 2 is 2.13 bits per heavy atom. The molecule has 0 aromatic rings. The third-order valence-electron chi connectivity index (χ3n) is 2.03. The normalized spacial score (nSPS) is 14.4. The van der Waals surface area contributed by atoms with E-state index < -0.39 is 0 Å². The quantitative estimate of drug-likeness (QED) is 0.310. The summed E-state index contributed by atoms with van der Waals surface area (Å²) >= 11 is 2.05. The molecule has 0 nitrogen and oxygen atoms in total. The summed E-state index contributed by atoms with van der Waals surface area (Å²) in [4.78, 5) is 0. The molecule has 0 heterocycles. The maximum Gasteiger partial charge on any atom is 3.00 e. The van der Waals surface area contributed by atoms with E-state index in [0.717, 1.165) is 6.42 Å². The van der Waals surface area contributed by atoms with Gasteiger partial charge < -0.3 is 24.8 Å². The molecule has 0 spiro atoms. The van der Waals surface area contributed by atoms with Gasteiger partial charge in [0, 0.05) is 0 Å². The number of halogens is 2. The van der Waals surface area contributed by atoms with Crippen LogP contribution in [0, 0.1) is 6.08 Å². The van der Waals surface area contributed by atoms with Gasteiger partial charge in [-0.3, -0.25) is 6.08 Å². The molecule has 1 aliphatic rings. The zero-order valence-corrected chi connectivity index (χ0v) is 13.1. The summed E-state index contributed by atoms with van der Waals surface area (Å²) in [6.07, 6.45) is 11.4. The molecule has 0 aliphatic heterocycles. The second kappa shape index (κ2) is 13.2. The monoisotopic (exact) mass is 299 g/mol. The van der Waals surface area contributed by atoms with Gasteiger partial charge in [-0.05, 0) is 17.4 Å². The Bertz CT molecular complexity index is 193. The smallest absolute Gasteiger partial charge is 1.00 e. The van der Waals surface area contributed by atoms with Crippen molar-refractivity contribution in [3.63, 3.8) is 0 Å². The number of unbranched alkanes of at least 4 members (excludes halogenated alkanes) is 1. The van der Waals surface area contributed by atoms with Gasteiger partial charge in [0.1, 0.15) is 0 Å². The van der Waals surface area contributed by atoms with Crippen molar-refractivity contribution in [1.29, 1.82) is 0 Å². The first-order chi connectivity index (χ1) is 5.84. The van der Waals surface area contributed by atoms with Crippen LogP contribution in [0.3, 0.4) is 0 Å². The van der Waals surface area contributed by atoms with Crippen LogP contribution >= 0.6 is 11.8 Å². The number of allylic oxidation sites excluding steroid dienone is 3. The summed E-state index contributed by atoms with van der Waals surface area (Å²) in [5.41, 5.74) is 1.40. The van der Waals surface area contributed by atoms with Crippen molar-refractivity contribution < 1.29 is 46.5 Å². The molecule has 15 heavy (non-hydrogen) atoms. The fourth-order valence-electron chi connectivity index (χ4n) is 1.20. The average molecular weight is 300 g/mol. The first-order valence-electron chi connectivity index (χ1n) is 4.73. The van der Waals surface area contributed by atoms with Crippen molar-refractivity contribution in [2.75, 3.05) is 5.75 Å². The van der Waals surface area contributed by atoms with E-state index in [-0.39, 0.29) is 46.5 Å². The van der Waals surface area contributed by atoms with Gasteiger partial charge in [-0.25, -0.2) is 11.6 Å². The average Bonchev–Trinajstić information content (AvgIpc) is 2.56. The second-order valence-electron chi connectivity index (χ2n) is 3.11. The summed E-state index contributed by atoms with van der Waals surface area (Å²) in [6.45, 7) is 4.52. The topological polar surface area (TPSA) is 0 Å². The van der Waals surface area contributed by atoms with E-state index in [2.05, 4.69) is 32.1 Å². The Hall–Kier alpha value is 1.12. The van der Waals surface area contributed by atoms with Crippen molar-refractivity contribution in [3.05, 3.63) is 23.8 Å². The maximum atomic E-state index is 3.37. The van der Waals surface area contributed by atoms with Crippen molar-refractivity contribution in [2.24, 2.45) is 0 Å². The SMILES string of the molecule is CCCCSC(C)C1=[C-]CC=C1.[Cl-].[Cl-].[Ti+3]. The molecule has 0 N–H and O–H groups in total. The standard InChI is InChI=1S/C11H17S.2ClH.Ti/c1-3-4-9-12-10(2)11-7-5-6-8-11;;;/h5,7,10H,3-4,6,9H2,1-2H3;2*1H;/q-1;;;+3/p-2. The first kappa shape index (κ1) is 21.4. The summed E-state index contributed by atoms with van der Waals surface area (Å²) in [5.74, 6) is 1.29. The summed E-state index contributed by atoms with van der Waals surface area (Å²) in [5, 5.41) is 0.648. The summed E-state index contributed by atoms with van der Waals surface area (Å²) in [7, 11) is 0. The van der Waals surface area contributed by atoms with Gasteiger partial charge in [0.25, 0.3) is 0 Å². The van der Waals surface area contributed by atoms with E-state index >= 15 is 0 Å². The molecule has 1 unspecified atom stereocenters. The molecule has 0 bridgehead atoms. The van der Waals surface area contributed by atoms with Crippen LogP contribution < -0.4 is 24.8 Å². The first-order valence-corrected chi connectivity index (χ1v) is 5.78. The molecule has 0 aromatic carbocycles. The van der Waals surface area contributed by atoms with Gasteiger partial charge in [-0.2, -0.15) is 17.8 Å². The second-order valence-corrected chi connectivity index (χ2v) is 4.55. The van der Waals surface area contributed by atoms with Crippen LogP contribution in [0.25, 0.3) is 0 Å². The third-order valence-corrected chi connectivity index (χ3v) is 3.30. The van der Waals surface area contributed by atoms with Gasteiger partial charge >= 0.3 is 21.7 Å². The van der Waals surface area contributed by atoms with Gasteiger partial charge in [-0.15, -0.1) is 6.42 Å². The Kier molecular flexibility index (Phi) is 18.8. The Balaban J connectivity index is -0.000000480. The number of thioether (sulfide) groups is 1. The van der Waals surface area contributed by atoms with Crippen LogP contribution in [-0.2, 0) is 21.7 Å². The van der Waals surface area contributed by atoms with E-state index in [1.807, 2.05) is 11.8 Å². The fourth-order valence-corrected chi connectivity index (χ4v) is 2.35. The van der Waals surface area contributed by atoms with Crippen molar-refractivity contribution in [3.8, 4) is 0 Å². The molecule has 85 valence electrons. The Morgan fingerprint density at radius 3 is 2.60 bits per heavy atom. The van der Waals surface area contributed by atoms with Crippen LogP contribution in [0.5, 0.6) is 0 Å². The molecule has 1 radical (unpaired) electrons. The molecular weight excluding hydrogens is 283 g/mol. The van der Waals surface area contributed by atoms with Gasteiger partial charge in [0.05, 0.1) is 0 Å². The van der Waals surface area contributed by atoms with Crippen LogP contribution in [0.1, 0.15) is 33.1 Å². The van der Waals surface area contributed by atoms with Crippen molar-refractivity contribution in [2.45, 2.75) is 38.4 Å². The minimum Gasteiger partial charge on any atom is -1.00 e. The zero-order chi connectivity index (χ0) is 8.81. The molecule has 0 amide bonds. The minimum atomic E-state index is 0. The van der Waals surface area contributed by atoms with Gasteiger partial charge in [0.15, 0.2) is 0 Å². The van der Waals surface area contributed by atoms with Crippen LogP contribution in [0.4, 0.5) is 0 Å². The molecular formula is C11H17Cl2STi. The Morgan fingerprint density at radius 1 is 1.47 bits per heavy atom. The van der Waals surface area contributed by atoms with E-state index in [9.17, 15) is 0 Å². The molecule has 0 fully saturated rings. The zero-order valence-electron chi connectivity index (χ0n) is 9.22. The molecule has 4 heteroatoms. The van der Waals surface area contributed by atoms with E-state index in [4.69, 9.17) is 0 Å². The van der Waals surface area contributed by atoms with E-state index in [1.165, 1.54) is 24.2 Å². The molecule has 0 aromatic heterocycles. The molecule has 0 saturated carbocycles. The molecule has 0 saturated heterocycles. The maximum absolute atomic E-state index is 3.37. The van der Waals surface area contributed by atoms with Crippen LogP contribution in [0.15, 0.2) is 17.7 Å². The van der Waals surface area contributed by atoms with Crippen molar-refractivity contribution in [1.82, 2.24) is 0 Å². The largest absolute Gasteiger partial charge is 3.00 e. The molecule has 1 atom stereocenters. The number of hydrogen-bond acceptors (Lipinski definition) is 1. The van der Waals surface area contributed by atoms with Crippen molar-refractivity contribution >= 4 is 11.8 Å². The Labute approximate surface area is 125 Å². The fraction of sp³-hybridized carbons (Fsp3) is 0.636. The summed E-state index contributed by atoms with van der Waals surface area (Å²) in [6, 6.07) is 0. The molecule has 1 aliphatic carbocycles. The van der Waals surface area contributed by atoms with E-state index in [1.54, 1.807) is 0 Å². The third kappa shape index (κ3) is 8.88. The molecule has 1 rings (SSSR count). The van der Waals surface area contributed by atoms with Gasteiger partial charge in [0.2, 0.25) is 0 Å². The predicted molar refractivity (Wildman–Crippen MR) is 57.3 cm³/mol. The van der Waals surface area contributed by atoms with Crippen LogP contribution in [-0.4, -0.2) is 11.0 Å². The van der Waals surface area contributed by atoms with E-state index in [0.29, 0.717) is 5.25 Å². The van der Waals surface area contributed by atoms with Gasteiger partial charge in [-0.1, -0.05) is 20.3 Å². The van der Waals surface area contributed by atoms with Crippen LogP contribution in [0.2, 0.25) is 0 Å². The number of rotatable bonds is 5. The minimum absolute atomic E-state index is 0. The predicted octanol–water partition coefficient (Wildman–Crippen LogP) is -2.40. The number of hydrogen-bond donors (Lipinski definition) is 0. The summed E-state index contributed by atoms with van der Waals surface area (Å²) < 4.78 is 0.